The number of rotatable bonds is 11. The van der Waals surface area contributed by atoms with Crippen molar-refractivity contribution in [3.05, 3.63) is 209 Å². The molecule has 9 rings (SSSR count). The molecule has 24 heteroatoms. The molecule has 0 aliphatic carbocycles. The number of hydrogen-bond donors (Lipinski definition) is 3. The minimum atomic E-state index is -1.04. The summed E-state index contributed by atoms with van der Waals surface area (Å²) in [4.78, 5) is 67.4. The first-order valence-electron chi connectivity index (χ1n) is 24.9. The van der Waals surface area contributed by atoms with E-state index in [0.29, 0.717) is 99.2 Å². The number of methoxy groups -OCH3 is 5. The van der Waals surface area contributed by atoms with Crippen LogP contribution in [-0.4, -0.2) is 99.4 Å². The van der Waals surface area contributed by atoms with E-state index in [4.69, 9.17) is 93.0 Å². The Balaban J connectivity index is 0.000000221. The van der Waals surface area contributed by atoms with Crippen molar-refractivity contribution in [2.75, 3.05) is 42.2 Å². The second-order valence-electron chi connectivity index (χ2n) is 17.7. The van der Waals surface area contributed by atoms with Crippen LogP contribution in [0.5, 0.6) is 23.0 Å². The summed E-state index contributed by atoms with van der Waals surface area (Å²) in [7, 11) is 6.46. The molecule has 454 valence electrons. The lowest BCUT2D eigenvalue weighted by atomic mass is 10.1. The number of phenolic OH excluding ortho intramolecular Hbond substituents is 2. The predicted octanol–water partition coefficient (Wildman–Crippen LogP) is 15.8. The highest BCUT2D eigenvalue weighted by molar-refractivity contribution is 6.33. The predicted molar refractivity (Wildman–Crippen MR) is 328 cm³/mol. The number of carbonyl (C=O) groups excluding carboxylic acids is 5. The number of furan rings is 2. The molecule has 0 radical (unpaired) electrons. The highest BCUT2D eigenvalue weighted by Crippen LogP contribution is 2.36. The smallest absolute Gasteiger partial charge is 0.341 e. The van der Waals surface area contributed by atoms with E-state index in [1.807, 2.05) is 26.0 Å². The summed E-state index contributed by atoms with van der Waals surface area (Å²) in [5.74, 6) is -1.37. The number of benzene rings is 6. The molecule has 0 amide bonds. The van der Waals surface area contributed by atoms with E-state index in [9.17, 15) is 39.0 Å². The van der Waals surface area contributed by atoms with Gasteiger partial charge in [0.25, 0.3) is 0 Å². The zero-order valence-corrected chi connectivity index (χ0v) is 51.8. The van der Waals surface area contributed by atoms with E-state index < -0.39 is 35.8 Å². The molecule has 6 aromatic carbocycles. The number of ether oxygens (including phenoxy) is 7. The Morgan fingerprint density at radius 1 is 0.535 bits per heavy atom. The van der Waals surface area contributed by atoms with Gasteiger partial charge in [0.2, 0.25) is 0 Å². The van der Waals surface area contributed by atoms with Crippen molar-refractivity contribution in [1.82, 2.24) is 0 Å². The van der Waals surface area contributed by atoms with Gasteiger partial charge in [0.1, 0.15) is 91.8 Å². The first kappa shape index (κ1) is 70.1. The molecule has 3 heterocycles. The third kappa shape index (κ3) is 19.6. The maximum Gasteiger partial charge on any atom is 0.341 e. The third-order valence-electron chi connectivity index (χ3n) is 11.4. The largest absolute Gasteiger partial charge is 0.507 e. The average molecular weight is 1300 g/mol. The summed E-state index contributed by atoms with van der Waals surface area (Å²) < 4.78 is 44.4. The number of aromatic carboxylic acids is 1. The van der Waals surface area contributed by atoms with Crippen LogP contribution in [0, 0.1) is 13.8 Å². The highest BCUT2D eigenvalue weighted by Gasteiger charge is 2.27. The van der Waals surface area contributed by atoms with Gasteiger partial charge in [0.05, 0.1) is 35.5 Å². The molecule has 0 saturated heterocycles. The van der Waals surface area contributed by atoms with E-state index >= 15 is 0 Å². The first-order chi connectivity index (χ1) is 40.7. The van der Waals surface area contributed by atoms with Crippen LogP contribution in [0.15, 0.2) is 131 Å². The SMILES string of the molecule is C=CCOc1ccc(Cl)cc1C(=O)OC.C=CCc1cc(Cl)cc(C(=O)OC)c1O.COC(=O)c1cc(Cl)cc2c1OC(C)C2.COC(=O)c1cc(Cl)cc2cc(C)oc12.COC(=O)c1cc(Cl)ccc1O.Cc1cc2cc(Cl)cc(C(=O)O)c2o1. The van der Waals surface area contributed by atoms with Gasteiger partial charge in [-0.15, -0.1) is 6.58 Å². The molecule has 0 spiro atoms. The van der Waals surface area contributed by atoms with Gasteiger partial charge in [0.15, 0.2) is 0 Å². The molecule has 1 aliphatic rings. The van der Waals surface area contributed by atoms with Gasteiger partial charge in [0, 0.05) is 52.9 Å². The van der Waals surface area contributed by atoms with Gasteiger partial charge < -0.3 is 57.3 Å². The van der Waals surface area contributed by atoms with E-state index in [1.165, 1.54) is 71.9 Å². The average Bonchev–Trinajstić information content (AvgIpc) is 2.87. The van der Waals surface area contributed by atoms with Crippen molar-refractivity contribution in [2.45, 2.75) is 39.7 Å². The van der Waals surface area contributed by atoms with E-state index in [-0.39, 0.29) is 34.3 Å². The zero-order chi connectivity index (χ0) is 64.1. The topological polar surface area (TPSA) is 254 Å². The number of carboxylic acids is 1. The van der Waals surface area contributed by atoms with Crippen molar-refractivity contribution >= 4 is 127 Å². The molecule has 8 aromatic rings. The number of carboxylic acid groups (broad SMARTS) is 1. The number of esters is 5. The summed E-state index contributed by atoms with van der Waals surface area (Å²) in [6, 6.07) is 25.3. The Morgan fingerprint density at radius 3 is 1.50 bits per heavy atom. The lowest BCUT2D eigenvalue weighted by Crippen LogP contribution is -2.08. The van der Waals surface area contributed by atoms with Crippen molar-refractivity contribution < 1.29 is 86.1 Å². The highest BCUT2D eigenvalue weighted by atomic mass is 35.5. The maximum absolute atomic E-state index is 11.5. The number of hydrogen-bond acceptors (Lipinski definition) is 17. The van der Waals surface area contributed by atoms with Crippen LogP contribution < -0.4 is 9.47 Å². The van der Waals surface area contributed by atoms with Gasteiger partial charge in [-0.25, -0.2) is 28.8 Å². The summed E-state index contributed by atoms with van der Waals surface area (Å²) in [5, 5.41) is 32.0. The molecule has 1 atom stereocenters. The summed E-state index contributed by atoms with van der Waals surface area (Å²) in [5.41, 5.74) is 3.73. The van der Waals surface area contributed by atoms with Crippen molar-refractivity contribution in [3.63, 3.8) is 0 Å². The Morgan fingerprint density at radius 2 is 0.965 bits per heavy atom. The normalized spacial score (nSPS) is 11.4. The molecule has 0 fully saturated rings. The lowest BCUT2D eigenvalue weighted by molar-refractivity contribution is 0.0586. The van der Waals surface area contributed by atoms with Gasteiger partial charge in [-0.05, 0) is 130 Å². The van der Waals surface area contributed by atoms with Gasteiger partial charge in [-0.2, -0.15) is 0 Å². The Hall–Kier alpha value is -8.36. The Kier molecular flexibility index (Phi) is 27.2. The number of carbonyl (C=O) groups is 6. The molecule has 0 saturated carbocycles. The van der Waals surface area contributed by atoms with Crippen LogP contribution in [-0.2, 0) is 36.5 Å². The monoisotopic (exact) mass is 1300 g/mol. The number of fused-ring (bicyclic) bond motifs is 3. The van der Waals surface area contributed by atoms with Crippen molar-refractivity contribution in [1.29, 1.82) is 0 Å². The molecular weight excluding hydrogens is 1250 g/mol. The summed E-state index contributed by atoms with van der Waals surface area (Å²) >= 11 is 34.7. The van der Waals surface area contributed by atoms with Crippen molar-refractivity contribution in [2.24, 2.45) is 0 Å². The van der Waals surface area contributed by atoms with Crippen molar-refractivity contribution in [3.8, 4) is 23.0 Å². The van der Waals surface area contributed by atoms with E-state index in [1.54, 1.807) is 67.6 Å². The molecule has 2 aromatic heterocycles. The van der Waals surface area contributed by atoms with Gasteiger partial charge in [-0.1, -0.05) is 88.3 Å². The standard InChI is InChI=1S/C11H11ClO3.C11H9ClO3.2C11H11ClO3.C10H7ClO3.C8H7ClO3/c2*1-6-3-7-4-8(12)5-9(10(7)15-6)11(13)14-2;1-3-6-15-10-5-4-8(12)7-9(10)11(13)14-2;1-3-4-7-5-8(12)6-9(10(7)13)11(14)15-2;1-5-2-6-3-7(11)4-8(10(12)13)9(6)14-5;1-12-8(11)6-4-5(9)2-3-7(6)10/h4-6H,3H2,1-2H3;3-5H,1-2H3;3-5,7H,1,6H2,2H3;3,5-6,13H,1,4H2,2H3;2-4H,1H3,(H,12,13);2-4,10H,1H3. The van der Waals surface area contributed by atoms with Crippen LogP contribution >= 0.6 is 69.6 Å². The van der Waals surface area contributed by atoms with Gasteiger partial charge >= 0.3 is 35.8 Å². The Labute approximate surface area is 523 Å². The van der Waals surface area contributed by atoms with Crippen LogP contribution in [0.25, 0.3) is 21.9 Å². The lowest BCUT2D eigenvalue weighted by Gasteiger charge is -2.08. The fourth-order valence-corrected chi connectivity index (χ4v) is 9.01. The number of aryl methyl sites for hydroxylation is 2. The van der Waals surface area contributed by atoms with E-state index in [0.717, 1.165) is 23.1 Å². The van der Waals surface area contributed by atoms with Crippen LogP contribution in [0.3, 0.4) is 0 Å². The fourth-order valence-electron chi connectivity index (χ4n) is 7.73. The second-order valence-corrected chi connectivity index (χ2v) is 20.3. The van der Waals surface area contributed by atoms with Crippen LogP contribution in [0.1, 0.15) is 91.7 Å². The summed E-state index contributed by atoms with van der Waals surface area (Å²) in [6.45, 7) is 12.9. The van der Waals surface area contributed by atoms with Crippen LogP contribution in [0.2, 0.25) is 30.1 Å². The quantitative estimate of drug-likeness (QED) is 0.0618. The number of aromatic hydroxyl groups is 2. The molecule has 1 unspecified atom stereocenters. The van der Waals surface area contributed by atoms with E-state index in [2.05, 4.69) is 36.8 Å². The third-order valence-corrected chi connectivity index (χ3v) is 12.7. The number of phenols is 2. The number of allylic oxidation sites excluding steroid dienone is 1. The molecule has 3 N–H and O–H groups in total. The zero-order valence-electron chi connectivity index (χ0n) is 47.2. The Bertz CT molecular complexity index is 3790. The van der Waals surface area contributed by atoms with Gasteiger partial charge in [-0.3, -0.25) is 0 Å². The fraction of sp³-hybridized carbons (Fsp3) is 0.194. The van der Waals surface area contributed by atoms with Crippen LogP contribution in [0.4, 0.5) is 0 Å². The molecule has 0 bridgehead atoms. The summed E-state index contributed by atoms with van der Waals surface area (Å²) in [6.07, 6.45) is 4.51. The maximum atomic E-state index is 11.5. The molecule has 1 aliphatic heterocycles. The molecular formula is C62H56Cl6O18. The second kappa shape index (κ2) is 33.4. The molecule has 86 heavy (non-hydrogen) atoms. The molecule has 18 nitrogen and oxygen atoms in total. The number of halogens is 6. The minimum Gasteiger partial charge on any atom is -0.507 e. The minimum absolute atomic E-state index is 0.0712. The first-order valence-corrected chi connectivity index (χ1v) is 27.2.